The normalized spacial score (nSPS) is 11.4. The van der Waals surface area contributed by atoms with Gasteiger partial charge in [0.2, 0.25) is 5.88 Å². The fraction of sp³-hybridized carbons (Fsp3) is 0.0952. The number of benzene rings is 2. The van der Waals surface area contributed by atoms with Crippen molar-refractivity contribution in [2.75, 3.05) is 5.73 Å². The molecule has 13 heteroatoms. The van der Waals surface area contributed by atoms with E-state index in [4.69, 9.17) is 15.6 Å². The Morgan fingerprint density at radius 3 is 2.71 bits per heavy atom. The number of fused-ring (bicyclic) bond motifs is 1. The summed E-state index contributed by atoms with van der Waals surface area (Å²) in [7, 11) is 0. The number of nitrogen functional groups attached to an aromatic ring is 1. The van der Waals surface area contributed by atoms with Gasteiger partial charge in [-0.2, -0.15) is 13.2 Å². The first-order valence-corrected chi connectivity index (χ1v) is 9.57. The lowest BCUT2D eigenvalue weighted by Gasteiger charge is -2.14. The predicted octanol–water partition coefficient (Wildman–Crippen LogP) is 3.54. The summed E-state index contributed by atoms with van der Waals surface area (Å²) in [6.07, 6.45) is -4.86. The van der Waals surface area contributed by atoms with E-state index in [9.17, 15) is 22.8 Å². The Labute approximate surface area is 188 Å². The highest BCUT2D eigenvalue weighted by molar-refractivity contribution is 5.82. The molecule has 34 heavy (non-hydrogen) atoms. The van der Waals surface area contributed by atoms with Crippen LogP contribution in [0.4, 0.5) is 23.8 Å². The van der Waals surface area contributed by atoms with Gasteiger partial charge in [0.25, 0.3) is 5.56 Å². The Kier molecular flexibility index (Phi) is 5.75. The number of hydrogen-bond acceptors (Lipinski definition) is 7. The van der Waals surface area contributed by atoms with Crippen LogP contribution in [0.15, 0.2) is 53.6 Å². The number of amides is 1. The number of para-hydroxylation sites is 1. The van der Waals surface area contributed by atoms with Crippen LogP contribution >= 0.6 is 0 Å². The number of hydrogen-bond donors (Lipinski definition) is 4. The molecular formula is C21H15F3N6O4. The molecule has 174 valence electrons. The first-order chi connectivity index (χ1) is 16.1. The number of carboxylic acid groups (broad SMARTS) is 1. The summed E-state index contributed by atoms with van der Waals surface area (Å²) in [5.74, 6) is -0.0151. The number of aromatic amines is 1. The van der Waals surface area contributed by atoms with E-state index in [1.807, 2.05) is 0 Å². The lowest BCUT2D eigenvalue weighted by molar-refractivity contribution is -0.137. The molecule has 0 bridgehead atoms. The zero-order valence-corrected chi connectivity index (χ0v) is 17.1. The van der Waals surface area contributed by atoms with E-state index in [1.54, 1.807) is 18.2 Å². The standard InChI is InChI=1S/C21H15F3N6O4/c22-21(23,24)11-4-5-12(10(6-11)8-26-20(32)33)14-7-16(28-9-27-14)34-15-3-1-2-13-17(15)30-18(25)19(31)29-13/h1-7,9,26H,8H2,(H2,25,30)(H,29,31)(H,32,33). The highest BCUT2D eigenvalue weighted by atomic mass is 19.4. The van der Waals surface area contributed by atoms with Gasteiger partial charge in [0, 0.05) is 18.2 Å². The number of alkyl halides is 3. The van der Waals surface area contributed by atoms with Crippen molar-refractivity contribution >= 4 is 22.9 Å². The molecule has 4 aromatic rings. The number of halogens is 3. The number of rotatable bonds is 5. The molecule has 5 N–H and O–H groups in total. The number of nitrogens with two attached hydrogens (primary N) is 1. The average Bonchev–Trinajstić information content (AvgIpc) is 2.78. The number of nitrogens with zero attached hydrogens (tertiary/aromatic N) is 3. The SMILES string of the molecule is Nc1nc2c(Oc3cc(-c4ccc(C(F)(F)F)cc4CNC(=O)O)ncn3)cccc2[nH]c1=O. The molecule has 4 rings (SSSR count). The van der Waals surface area contributed by atoms with Gasteiger partial charge in [-0.3, -0.25) is 4.79 Å². The van der Waals surface area contributed by atoms with Crippen molar-refractivity contribution in [3.8, 4) is 22.9 Å². The third-order valence-electron chi connectivity index (χ3n) is 4.71. The molecule has 0 unspecified atom stereocenters. The third kappa shape index (κ3) is 4.72. The van der Waals surface area contributed by atoms with Gasteiger partial charge in [-0.25, -0.2) is 19.7 Å². The van der Waals surface area contributed by atoms with Gasteiger partial charge in [-0.05, 0) is 29.8 Å². The van der Waals surface area contributed by atoms with Gasteiger partial charge in [0.15, 0.2) is 11.6 Å². The Morgan fingerprint density at radius 2 is 1.97 bits per heavy atom. The van der Waals surface area contributed by atoms with E-state index in [-0.39, 0.29) is 46.3 Å². The van der Waals surface area contributed by atoms with Gasteiger partial charge < -0.3 is 25.9 Å². The minimum Gasteiger partial charge on any atom is -0.465 e. The molecule has 2 heterocycles. The lowest BCUT2D eigenvalue weighted by Crippen LogP contribution is -2.21. The molecule has 2 aromatic heterocycles. The summed E-state index contributed by atoms with van der Waals surface area (Å²) in [6, 6.07) is 9.07. The molecule has 0 saturated heterocycles. The van der Waals surface area contributed by atoms with Crippen molar-refractivity contribution in [1.29, 1.82) is 0 Å². The van der Waals surface area contributed by atoms with Gasteiger partial charge in [-0.15, -0.1) is 0 Å². The summed E-state index contributed by atoms with van der Waals surface area (Å²) in [5.41, 5.74) is 5.24. The van der Waals surface area contributed by atoms with E-state index in [1.165, 1.54) is 12.1 Å². The van der Waals surface area contributed by atoms with Crippen LogP contribution in [-0.2, 0) is 12.7 Å². The van der Waals surface area contributed by atoms with Gasteiger partial charge in [0.1, 0.15) is 11.8 Å². The Bertz CT molecular complexity index is 1450. The van der Waals surface area contributed by atoms with E-state index in [0.29, 0.717) is 5.52 Å². The topological polar surface area (TPSA) is 156 Å². The van der Waals surface area contributed by atoms with Crippen LogP contribution in [0.25, 0.3) is 22.3 Å². The molecule has 1 amide bonds. The Morgan fingerprint density at radius 1 is 1.18 bits per heavy atom. The smallest absolute Gasteiger partial charge is 0.416 e. The second-order valence-electron chi connectivity index (χ2n) is 6.98. The second kappa shape index (κ2) is 8.69. The molecule has 0 spiro atoms. The Hall–Kier alpha value is -4.68. The highest BCUT2D eigenvalue weighted by Gasteiger charge is 2.31. The molecule has 0 saturated carbocycles. The maximum atomic E-state index is 13.2. The van der Waals surface area contributed by atoms with Gasteiger partial charge in [-0.1, -0.05) is 12.1 Å². The van der Waals surface area contributed by atoms with Crippen LogP contribution in [0, 0.1) is 0 Å². The minimum atomic E-state index is -4.61. The van der Waals surface area contributed by atoms with Gasteiger partial charge >= 0.3 is 12.3 Å². The third-order valence-corrected chi connectivity index (χ3v) is 4.71. The van der Waals surface area contributed by atoms with Crippen molar-refractivity contribution in [2.24, 2.45) is 0 Å². The van der Waals surface area contributed by atoms with Crippen molar-refractivity contribution in [3.63, 3.8) is 0 Å². The zero-order chi connectivity index (χ0) is 24.5. The molecule has 0 radical (unpaired) electrons. The maximum Gasteiger partial charge on any atom is 0.416 e. The maximum absolute atomic E-state index is 13.2. The Balaban J connectivity index is 1.73. The van der Waals surface area contributed by atoms with E-state index >= 15 is 0 Å². The summed E-state index contributed by atoms with van der Waals surface area (Å²) in [4.78, 5) is 37.3. The zero-order valence-electron chi connectivity index (χ0n) is 17.1. The molecule has 0 atom stereocenters. The molecule has 0 aliphatic heterocycles. The predicted molar refractivity (Wildman–Crippen MR) is 114 cm³/mol. The number of anilines is 1. The van der Waals surface area contributed by atoms with Crippen LogP contribution in [0.3, 0.4) is 0 Å². The second-order valence-corrected chi connectivity index (χ2v) is 6.98. The van der Waals surface area contributed by atoms with Crippen molar-refractivity contribution < 1.29 is 27.8 Å². The minimum absolute atomic E-state index is 0.0288. The summed E-state index contributed by atoms with van der Waals surface area (Å²) in [6.45, 7) is -0.380. The molecule has 0 aliphatic rings. The quantitative estimate of drug-likeness (QED) is 0.344. The monoisotopic (exact) mass is 472 g/mol. The molecule has 0 aliphatic carbocycles. The number of nitrogens with one attached hydrogen (secondary N) is 2. The van der Waals surface area contributed by atoms with Crippen molar-refractivity contribution in [1.82, 2.24) is 25.3 Å². The molecular weight excluding hydrogens is 457 g/mol. The van der Waals surface area contributed by atoms with Gasteiger partial charge in [0.05, 0.1) is 16.8 Å². The number of carbonyl (C=O) groups is 1. The summed E-state index contributed by atoms with van der Waals surface area (Å²) in [5, 5.41) is 10.9. The number of H-pyrrole nitrogens is 1. The van der Waals surface area contributed by atoms with Crippen molar-refractivity contribution in [3.05, 3.63) is 70.3 Å². The van der Waals surface area contributed by atoms with Crippen LogP contribution in [0.1, 0.15) is 11.1 Å². The van der Waals surface area contributed by atoms with Crippen LogP contribution in [-0.4, -0.2) is 31.1 Å². The number of aromatic nitrogens is 4. The van der Waals surface area contributed by atoms with Crippen LogP contribution in [0.5, 0.6) is 11.6 Å². The molecule has 0 fully saturated rings. The lowest BCUT2D eigenvalue weighted by atomic mass is 10.0. The largest absolute Gasteiger partial charge is 0.465 e. The van der Waals surface area contributed by atoms with E-state index in [2.05, 4.69) is 25.3 Å². The average molecular weight is 472 g/mol. The number of ether oxygens (including phenoxy) is 1. The first-order valence-electron chi connectivity index (χ1n) is 9.57. The fourth-order valence-electron chi connectivity index (χ4n) is 3.17. The first kappa shape index (κ1) is 22.5. The van der Waals surface area contributed by atoms with Crippen LogP contribution < -0.4 is 21.3 Å². The molecule has 10 nitrogen and oxygen atoms in total. The summed E-state index contributed by atoms with van der Waals surface area (Å²) >= 11 is 0. The van der Waals surface area contributed by atoms with Crippen LogP contribution in [0.2, 0.25) is 0 Å². The van der Waals surface area contributed by atoms with E-state index in [0.717, 1.165) is 18.5 Å². The summed E-state index contributed by atoms with van der Waals surface area (Å²) < 4.78 is 45.3. The molecule has 2 aromatic carbocycles. The van der Waals surface area contributed by atoms with E-state index < -0.39 is 23.4 Å². The fourth-order valence-corrected chi connectivity index (χ4v) is 3.17. The highest BCUT2D eigenvalue weighted by Crippen LogP contribution is 2.34. The van der Waals surface area contributed by atoms with Crippen molar-refractivity contribution in [2.45, 2.75) is 12.7 Å².